The van der Waals surface area contributed by atoms with Crippen LogP contribution in [0.5, 0.6) is 5.75 Å². The number of carbonyl (C=O) groups excluding carboxylic acids is 2. The van der Waals surface area contributed by atoms with E-state index < -0.39 is 28.5 Å². The Morgan fingerprint density at radius 1 is 1.00 bits per heavy atom. The number of esters is 1. The number of methoxy groups -OCH3 is 1. The summed E-state index contributed by atoms with van der Waals surface area (Å²) in [6.07, 6.45) is 2.07. The summed E-state index contributed by atoms with van der Waals surface area (Å²) in [4.78, 5) is 24.1. The Balaban J connectivity index is 1.42. The van der Waals surface area contributed by atoms with E-state index in [1.54, 1.807) is 19.2 Å². The second kappa shape index (κ2) is 11.3. The molecule has 3 aromatic rings. The molecule has 0 aliphatic heterocycles. The van der Waals surface area contributed by atoms with Crippen LogP contribution in [0.2, 0.25) is 0 Å². The first kappa shape index (κ1) is 24.0. The smallest absolute Gasteiger partial charge is 0.338 e. The fraction of sp³-hybridized carbons (Fsp3) is 0.217. The van der Waals surface area contributed by atoms with Gasteiger partial charge in [0.1, 0.15) is 11.5 Å². The first-order chi connectivity index (χ1) is 15.9. The second-order valence-electron chi connectivity index (χ2n) is 6.95. The van der Waals surface area contributed by atoms with Gasteiger partial charge in [0, 0.05) is 6.54 Å². The van der Waals surface area contributed by atoms with E-state index in [1.165, 1.54) is 30.5 Å². The van der Waals surface area contributed by atoms with Crippen LogP contribution in [0.25, 0.3) is 0 Å². The van der Waals surface area contributed by atoms with E-state index in [0.29, 0.717) is 18.7 Å². The summed E-state index contributed by atoms with van der Waals surface area (Å²) in [5.74, 6) is 0.0671. The molecule has 1 amide bonds. The molecule has 9 nitrogen and oxygen atoms in total. The van der Waals surface area contributed by atoms with E-state index in [2.05, 4.69) is 10.0 Å². The van der Waals surface area contributed by atoms with Crippen LogP contribution in [-0.4, -0.2) is 40.6 Å². The third-order valence-corrected chi connectivity index (χ3v) is 6.06. The Morgan fingerprint density at radius 3 is 2.36 bits per heavy atom. The van der Waals surface area contributed by atoms with E-state index in [1.807, 2.05) is 24.3 Å². The number of nitrogens with one attached hydrogen (secondary N) is 2. The van der Waals surface area contributed by atoms with E-state index in [4.69, 9.17) is 13.9 Å². The fourth-order valence-electron chi connectivity index (χ4n) is 2.84. The maximum atomic E-state index is 12.3. The molecule has 0 saturated heterocycles. The molecule has 0 aliphatic carbocycles. The zero-order valence-electron chi connectivity index (χ0n) is 17.9. The largest absolute Gasteiger partial charge is 0.497 e. The highest BCUT2D eigenvalue weighted by Crippen LogP contribution is 2.13. The Morgan fingerprint density at radius 2 is 1.73 bits per heavy atom. The molecule has 0 bridgehead atoms. The van der Waals surface area contributed by atoms with Gasteiger partial charge in [-0.15, -0.1) is 0 Å². The van der Waals surface area contributed by atoms with Crippen molar-refractivity contribution in [2.45, 2.75) is 17.9 Å². The summed E-state index contributed by atoms with van der Waals surface area (Å²) in [7, 11) is -2.18. The molecule has 174 valence electrons. The monoisotopic (exact) mass is 472 g/mol. The lowest BCUT2D eigenvalue weighted by molar-refractivity contribution is -0.124. The van der Waals surface area contributed by atoms with Gasteiger partial charge >= 0.3 is 5.97 Å². The maximum absolute atomic E-state index is 12.3. The lowest BCUT2D eigenvalue weighted by Gasteiger charge is -2.08. The molecular weight excluding hydrogens is 448 g/mol. The van der Waals surface area contributed by atoms with Gasteiger partial charge in [-0.25, -0.2) is 17.9 Å². The third-order valence-electron chi connectivity index (χ3n) is 4.65. The quantitative estimate of drug-likeness (QED) is 0.410. The SMILES string of the molecule is COc1ccc(CCNC(=O)COC(=O)c2ccc(S(=O)(=O)NCc3ccco3)cc2)cc1. The number of rotatable bonds is 11. The minimum atomic E-state index is -3.77. The van der Waals surface area contributed by atoms with Crippen molar-refractivity contribution < 1.29 is 31.9 Å². The van der Waals surface area contributed by atoms with Crippen LogP contribution in [0.3, 0.4) is 0 Å². The zero-order valence-corrected chi connectivity index (χ0v) is 18.8. The fourth-order valence-corrected chi connectivity index (χ4v) is 3.83. The van der Waals surface area contributed by atoms with Gasteiger partial charge in [-0.1, -0.05) is 12.1 Å². The Labute approximate surface area is 191 Å². The summed E-state index contributed by atoms with van der Waals surface area (Å²) in [5.41, 5.74) is 1.16. The number of furan rings is 1. The summed E-state index contributed by atoms with van der Waals surface area (Å²) in [6.45, 7) is -0.0425. The summed E-state index contributed by atoms with van der Waals surface area (Å²) in [6, 6.07) is 16.0. The lowest BCUT2D eigenvalue weighted by atomic mass is 10.1. The van der Waals surface area contributed by atoms with Crippen LogP contribution >= 0.6 is 0 Å². The molecule has 1 heterocycles. The summed E-state index contributed by atoms with van der Waals surface area (Å²) < 4.78 is 42.3. The summed E-state index contributed by atoms with van der Waals surface area (Å²) >= 11 is 0. The predicted octanol–water partition coefficient (Wildman–Crippen LogP) is 2.28. The maximum Gasteiger partial charge on any atom is 0.338 e. The van der Waals surface area contributed by atoms with Crippen LogP contribution < -0.4 is 14.8 Å². The minimum Gasteiger partial charge on any atom is -0.497 e. The van der Waals surface area contributed by atoms with Crippen molar-refractivity contribution in [3.05, 3.63) is 83.8 Å². The average molecular weight is 473 g/mol. The number of benzene rings is 2. The van der Waals surface area contributed by atoms with E-state index in [-0.39, 0.29) is 17.0 Å². The van der Waals surface area contributed by atoms with Crippen molar-refractivity contribution in [3.63, 3.8) is 0 Å². The topological polar surface area (TPSA) is 124 Å². The van der Waals surface area contributed by atoms with Crippen LogP contribution in [0.1, 0.15) is 21.7 Å². The molecule has 0 aliphatic rings. The number of sulfonamides is 1. The number of ether oxygens (including phenoxy) is 2. The molecule has 0 radical (unpaired) electrons. The van der Waals surface area contributed by atoms with Crippen molar-refractivity contribution >= 4 is 21.9 Å². The Kier molecular flexibility index (Phi) is 8.22. The van der Waals surface area contributed by atoms with Crippen molar-refractivity contribution in [1.82, 2.24) is 10.0 Å². The van der Waals surface area contributed by atoms with Crippen molar-refractivity contribution in [2.75, 3.05) is 20.3 Å². The van der Waals surface area contributed by atoms with Crippen molar-refractivity contribution in [2.24, 2.45) is 0 Å². The molecule has 1 aromatic heterocycles. The van der Waals surface area contributed by atoms with Crippen molar-refractivity contribution in [3.8, 4) is 5.75 Å². The Bertz CT molecular complexity index is 1160. The van der Waals surface area contributed by atoms with Gasteiger partial charge in [-0.05, 0) is 60.5 Å². The molecule has 33 heavy (non-hydrogen) atoms. The van der Waals surface area contributed by atoms with Gasteiger partial charge in [-0.3, -0.25) is 4.79 Å². The molecule has 0 atom stereocenters. The highest BCUT2D eigenvalue weighted by atomic mass is 32.2. The van der Waals surface area contributed by atoms with E-state index >= 15 is 0 Å². The van der Waals surface area contributed by atoms with Gasteiger partial charge in [0.2, 0.25) is 10.0 Å². The van der Waals surface area contributed by atoms with Crippen molar-refractivity contribution in [1.29, 1.82) is 0 Å². The standard InChI is InChI=1S/C23H24N2O7S/c1-30-19-8-4-17(5-9-19)12-13-24-22(26)16-32-23(27)18-6-10-21(11-7-18)33(28,29)25-15-20-3-2-14-31-20/h2-11,14,25H,12-13,15-16H2,1H3,(H,24,26). The van der Waals surface area contributed by atoms with Crippen LogP contribution in [0.4, 0.5) is 0 Å². The molecular formula is C23H24N2O7S. The van der Waals surface area contributed by atoms with Gasteiger partial charge in [-0.2, -0.15) is 0 Å². The minimum absolute atomic E-state index is 0.00665. The van der Waals surface area contributed by atoms with Gasteiger partial charge in [0.05, 0.1) is 30.4 Å². The molecule has 3 rings (SSSR count). The molecule has 0 spiro atoms. The van der Waals surface area contributed by atoms with Crippen LogP contribution in [0, 0.1) is 0 Å². The highest BCUT2D eigenvalue weighted by Gasteiger charge is 2.16. The number of carbonyl (C=O) groups is 2. The predicted molar refractivity (Wildman–Crippen MR) is 119 cm³/mol. The van der Waals surface area contributed by atoms with Gasteiger partial charge in [0.25, 0.3) is 5.91 Å². The molecule has 10 heteroatoms. The lowest BCUT2D eigenvalue weighted by Crippen LogP contribution is -2.30. The summed E-state index contributed by atoms with van der Waals surface area (Å²) in [5, 5.41) is 2.68. The Hall–Kier alpha value is -3.63. The molecule has 0 fully saturated rings. The number of amides is 1. The first-order valence-corrected chi connectivity index (χ1v) is 11.5. The van der Waals surface area contributed by atoms with Crippen LogP contribution in [0.15, 0.2) is 76.2 Å². The molecule has 0 unspecified atom stereocenters. The second-order valence-corrected chi connectivity index (χ2v) is 8.72. The molecule has 2 aromatic carbocycles. The van der Waals surface area contributed by atoms with Gasteiger partial charge < -0.3 is 19.2 Å². The molecule has 0 saturated carbocycles. The highest BCUT2D eigenvalue weighted by molar-refractivity contribution is 7.89. The number of hydrogen-bond acceptors (Lipinski definition) is 7. The zero-order chi connectivity index (χ0) is 23.7. The normalized spacial score (nSPS) is 11.1. The van der Waals surface area contributed by atoms with E-state index in [9.17, 15) is 18.0 Å². The third kappa shape index (κ3) is 7.19. The average Bonchev–Trinajstić information content (AvgIpc) is 3.36. The molecule has 2 N–H and O–H groups in total. The van der Waals surface area contributed by atoms with Gasteiger partial charge in [0.15, 0.2) is 6.61 Å². The first-order valence-electron chi connectivity index (χ1n) is 10.1. The van der Waals surface area contributed by atoms with E-state index in [0.717, 1.165) is 11.3 Å². The number of hydrogen-bond donors (Lipinski definition) is 2. The van der Waals surface area contributed by atoms with Crippen LogP contribution in [-0.2, 0) is 32.5 Å².